The van der Waals surface area contributed by atoms with Crippen LogP contribution in [0.3, 0.4) is 0 Å². The van der Waals surface area contributed by atoms with E-state index in [0.717, 1.165) is 5.56 Å². The number of benzene rings is 2. The van der Waals surface area contributed by atoms with E-state index in [9.17, 15) is 4.79 Å². The van der Waals surface area contributed by atoms with E-state index < -0.39 is 0 Å². The molecule has 1 N–H and O–H groups in total. The van der Waals surface area contributed by atoms with E-state index in [1.165, 1.54) is 0 Å². The minimum Gasteiger partial charge on any atom is -0.497 e. The summed E-state index contributed by atoms with van der Waals surface area (Å²) in [5, 5.41) is 6.51. The predicted octanol–water partition coefficient (Wildman–Crippen LogP) is 3.07. The zero-order chi connectivity index (χ0) is 17.6. The van der Waals surface area contributed by atoms with Crippen LogP contribution in [0.25, 0.3) is 11.5 Å². The summed E-state index contributed by atoms with van der Waals surface area (Å²) in [6.07, 6.45) is 0. The van der Waals surface area contributed by atoms with Crippen molar-refractivity contribution in [1.29, 1.82) is 0 Å². The summed E-state index contributed by atoms with van der Waals surface area (Å²) in [5.74, 6) is 1.89. The highest BCUT2D eigenvalue weighted by Crippen LogP contribution is 2.22. The first-order chi connectivity index (χ1) is 12.1. The van der Waals surface area contributed by atoms with Gasteiger partial charge in [-0.15, -0.1) is 0 Å². The molecule has 0 fully saturated rings. The Hall–Kier alpha value is -3.35. The Morgan fingerprint density at radius 2 is 1.96 bits per heavy atom. The van der Waals surface area contributed by atoms with Gasteiger partial charge in [0.25, 0.3) is 11.8 Å². The van der Waals surface area contributed by atoms with E-state index in [2.05, 4.69) is 15.5 Å². The second kappa shape index (κ2) is 7.48. The van der Waals surface area contributed by atoms with Gasteiger partial charge in [0.15, 0.2) is 12.4 Å². The molecule has 0 bridgehead atoms. The summed E-state index contributed by atoms with van der Waals surface area (Å²) in [6, 6.07) is 14.2. The highest BCUT2D eigenvalue weighted by molar-refractivity contribution is 5.92. The van der Waals surface area contributed by atoms with Gasteiger partial charge < -0.3 is 19.3 Å². The lowest BCUT2D eigenvalue weighted by molar-refractivity contribution is -0.118. The van der Waals surface area contributed by atoms with Crippen LogP contribution in [0.5, 0.6) is 11.5 Å². The number of ether oxygens (including phenoxy) is 2. The van der Waals surface area contributed by atoms with Crippen molar-refractivity contribution in [3.05, 3.63) is 54.4 Å². The highest BCUT2D eigenvalue weighted by Gasteiger charge is 2.09. The minimum absolute atomic E-state index is 0.122. The second-order valence-electron chi connectivity index (χ2n) is 5.24. The molecule has 0 radical (unpaired) electrons. The molecule has 3 aromatic rings. The molecule has 7 nitrogen and oxygen atoms in total. The van der Waals surface area contributed by atoms with Crippen molar-refractivity contribution in [2.24, 2.45) is 0 Å². The zero-order valence-electron chi connectivity index (χ0n) is 13.9. The van der Waals surface area contributed by atoms with Crippen molar-refractivity contribution < 1.29 is 18.8 Å². The van der Waals surface area contributed by atoms with Crippen LogP contribution >= 0.6 is 0 Å². The standard InChI is InChI=1S/C18H17N3O4/c1-12-19-18(25-21-12)13-5-3-8-16(9-13)24-11-17(22)20-14-6-4-7-15(10-14)23-2/h3-10H,11H2,1-2H3,(H,20,22). The normalized spacial score (nSPS) is 10.3. The molecule has 0 spiro atoms. The number of carbonyl (C=O) groups excluding carboxylic acids is 1. The number of methoxy groups -OCH3 is 1. The maximum Gasteiger partial charge on any atom is 0.262 e. The molecule has 128 valence electrons. The van der Waals surface area contributed by atoms with Gasteiger partial charge in [0.1, 0.15) is 11.5 Å². The third-order valence-corrected chi connectivity index (χ3v) is 3.33. The molecule has 1 aromatic heterocycles. The Balaban J connectivity index is 1.60. The lowest BCUT2D eigenvalue weighted by atomic mass is 10.2. The molecule has 7 heteroatoms. The quantitative estimate of drug-likeness (QED) is 0.743. The first-order valence-electron chi connectivity index (χ1n) is 7.61. The summed E-state index contributed by atoms with van der Waals surface area (Å²) < 4.78 is 15.8. The van der Waals surface area contributed by atoms with E-state index in [-0.39, 0.29) is 12.5 Å². The van der Waals surface area contributed by atoms with Crippen LogP contribution in [0.4, 0.5) is 5.69 Å². The van der Waals surface area contributed by atoms with Crippen LogP contribution in [-0.2, 0) is 4.79 Å². The number of carbonyl (C=O) groups is 1. The molecule has 0 saturated carbocycles. The van der Waals surface area contributed by atoms with Gasteiger partial charge in [-0.2, -0.15) is 4.98 Å². The number of hydrogen-bond acceptors (Lipinski definition) is 6. The van der Waals surface area contributed by atoms with Crippen LogP contribution in [-0.4, -0.2) is 29.8 Å². The number of nitrogens with zero attached hydrogens (tertiary/aromatic N) is 2. The largest absolute Gasteiger partial charge is 0.497 e. The Labute approximate surface area is 144 Å². The van der Waals surface area contributed by atoms with Crippen LogP contribution in [0.2, 0.25) is 0 Å². The Morgan fingerprint density at radius 3 is 2.72 bits per heavy atom. The van der Waals surface area contributed by atoms with E-state index in [1.807, 2.05) is 6.07 Å². The molecule has 0 aliphatic rings. The fourth-order valence-corrected chi connectivity index (χ4v) is 2.18. The first kappa shape index (κ1) is 16.5. The molecule has 0 saturated heterocycles. The van der Waals surface area contributed by atoms with Gasteiger partial charge in [0.05, 0.1) is 7.11 Å². The molecule has 0 unspecified atom stereocenters. The van der Waals surface area contributed by atoms with Gasteiger partial charge in [-0.1, -0.05) is 17.3 Å². The molecule has 25 heavy (non-hydrogen) atoms. The van der Waals surface area contributed by atoms with Gasteiger partial charge in [0.2, 0.25) is 0 Å². The third kappa shape index (κ3) is 4.35. The number of aromatic nitrogens is 2. The van der Waals surface area contributed by atoms with Crippen LogP contribution in [0.15, 0.2) is 53.1 Å². The van der Waals surface area contributed by atoms with E-state index in [4.69, 9.17) is 14.0 Å². The third-order valence-electron chi connectivity index (χ3n) is 3.33. The van der Waals surface area contributed by atoms with Crippen molar-refractivity contribution in [2.75, 3.05) is 19.0 Å². The maximum atomic E-state index is 12.0. The number of aryl methyl sites for hydroxylation is 1. The van der Waals surface area contributed by atoms with Crippen molar-refractivity contribution in [3.63, 3.8) is 0 Å². The van der Waals surface area contributed by atoms with Crippen molar-refractivity contribution in [1.82, 2.24) is 10.1 Å². The molecular weight excluding hydrogens is 322 g/mol. The fraction of sp³-hybridized carbons (Fsp3) is 0.167. The Bertz CT molecular complexity index is 876. The van der Waals surface area contributed by atoms with Gasteiger partial charge in [-0.05, 0) is 37.3 Å². The summed E-state index contributed by atoms with van der Waals surface area (Å²) in [6.45, 7) is 1.62. The van der Waals surface area contributed by atoms with E-state index in [0.29, 0.717) is 28.9 Å². The van der Waals surface area contributed by atoms with Crippen molar-refractivity contribution in [2.45, 2.75) is 6.92 Å². The van der Waals surface area contributed by atoms with Crippen LogP contribution in [0, 0.1) is 6.92 Å². The van der Waals surface area contributed by atoms with E-state index >= 15 is 0 Å². The first-order valence-corrected chi connectivity index (χ1v) is 7.61. The smallest absolute Gasteiger partial charge is 0.262 e. The average Bonchev–Trinajstić information content (AvgIpc) is 3.07. The molecule has 0 aliphatic carbocycles. The molecule has 1 heterocycles. The van der Waals surface area contributed by atoms with Crippen molar-refractivity contribution in [3.8, 4) is 23.0 Å². The van der Waals surface area contributed by atoms with Gasteiger partial charge >= 0.3 is 0 Å². The fourth-order valence-electron chi connectivity index (χ4n) is 2.18. The molecule has 2 aromatic carbocycles. The van der Waals surface area contributed by atoms with Gasteiger partial charge in [0, 0.05) is 17.3 Å². The lowest BCUT2D eigenvalue weighted by Gasteiger charge is -2.09. The molecule has 3 rings (SSSR count). The molecule has 0 atom stereocenters. The summed E-state index contributed by atoms with van der Waals surface area (Å²) >= 11 is 0. The average molecular weight is 339 g/mol. The summed E-state index contributed by atoms with van der Waals surface area (Å²) in [7, 11) is 1.57. The second-order valence-corrected chi connectivity index (χ2v) is 5.24. The monoisotopic (exact) mass is 339 g/mol. The Kier molecular flexibility index (Phi) is 4.94. The van der Waals surface area contributed by atoms with Gasteiger partial charge in [-0.25, -0.2) is 0 Å². The molecular formula is C18H17N3O4. The maximum absolute atomic E-state index is 12.0. The predicted molar refractivity (Wildman–Crippen MR) is 91.6 cm³/mol. The van der Waals surface area contributed by atoms with Crippen molar-refractivity contribution >= 4 is 11.6 Å². The number of amides is 1. The highest BCUT2D eigenvalue weighted by atomic mass is 16.5. The lowest BCUT2D eigenvalue weighted by Crippen LogP contribution is -2.20. The summed E-state index contributed by atoms with van der Waals surface area (Å²) in [5.41, 5.74) is 1.37. The SMILES string of the molecule is COc1cccc(NC(=O)COc2cccc(-c3nc(C)no3)c2)c1. The number of anilines is 1. The van der Waals surface area contributed by atoms with Gasteiger partial charge in [-0.3, -0.25) is 4.79 Å². The van der Waals surface area contributed by atoms with E-state index in [1.54, 1.807) is 56.5 Å². The number of rotatable bonds is 6. The zero-order valence-corrected chi connectivity index (χ0v) is 13.9. The Morgan fingerprint density at radius 1 is 1.16 bits per heavy atom. The summed E-state index contributed by atoms with van der Waals surface area (Å²) in [4.78, 5) is 16.2. The molecule has 1 amide bonds. The molecule has 0 aliphatic heterocycles. The van der Waals surface area contributed by atoms with Crippen LogP contribution < -0.4 is 14.8 Å². The minimum atomic E-state index is -0.271. The topological polar surface area (TPSA) is 86.5 Å². The number of nitrogens with one attached hydrogen (secondary N) is 1. The number of hydrogen-bond donors (Lipinski definition) is 1. The van der Waals surface area contributed by atoms with Crippen LogP contribution in [0.1, 0.15) is 5.82 Å².